The lowest BCUT2D eigenvalue weighted by Crippen LogP contribution is -2.35. The maximum absolute atomic E-state index is 3.88. The highest BCUT2D eigenvalue weighted by Crippen LogP contribution is 2.21. The first-order valence-electron chi connectivity index (χ1n) is 14.9. The molecule has 0 saturated carbocycles. The van der Waals surface area contributed by atoms with Crippen LogP contribution < -0.4 is 19.8 Å². The number of hydrogen-bond donors (Lipinski definition) is 2. The highest BCUT2D eigenvalue weighted by molar-refractivity contribution is 9.09. The number of alkyl halides is 2. The van der Waals surface area contributed by atoms with Gasteiger partial charge in [0.1, 0.15) is 0 Å². The average Bonchev–Trinajstić information content (AvgIpc) is 2.93. The molecule has 0 radical (unpaired) electrons. The van der Waals surface area contributed by atoms with E-state index in [1.165, 1.54) is 94.8 Å². The van der Waals surface area contributed by atoms with Crippen LogP contribution in [0.1, 0.15) is 120 Å². The quantitative estimate of drug-likeness (QED) is 0.0764. The predicted molar refractivity (Wildman–Crippen MR) is 167 cm³/mol. The van der Waals surface area contributed by atoms with Gasteiger partial charge in [0, 0.05) is 61.6 Å². The molecule has 2 heterocycles. The second-order valence-corrected chi connectivity index (χ2v) is 12.4. The van der Waals surface area contributed by atoms with Gasteiger partial charge in [0.15, 0.2) is 24.8 Å². The number of nitrogens with zero attached hydrogens (tertiary/aromatic N) is 2. The van der Waals surface area contributed by atoms with Crippen molar-refractivity contribution < 1.29 is 9.13 Å². The van der Waals surface area contributed by atoms with E-state index in [0.717, 1.165) is 25.9 Å². The van der Waals surface area contributed by atoms with Crippen molar-refractivity contribution in [2.24, 2.45) is 0 Å². The molecule has 2 unspecified atom stereocenters. The van der Waals surface area contributed by atoms with Gasteiger partial charge >= 0.3 is 0 Å². The van der Waals surface area contributed by atoms with Gasteiger partial charge in [-0.3, -0.25) is 0 Å². The zero-order valence-corrected chi connectivity index (χ0v) is 26.6. The second kappa shape index (κ2) is 20.8. The van der Waals surface area contributed by atoms with Gasteiger partial charge in [-0.15, -0.1) is 0 Å². The van der Waals surface area contributed by atoms with E-state index >= 15 is 0 Å². The van der Waals surface area contributed by atoms with Gasteiger partial charge in [0.05, 0.1) is 0 Å². The molecule has 2 rings (SSSR count). The van der Waals surface area contributed by atoms with Crippen molar-refractivity contribution in [2.75, 3.05) is 23.7 Å². The fraction of sp³-hybridized carbons (Fsp3) is 0.677. The predicted octanol–water partition coefficient (Wildman–Crippen LogP) is 9.46. The summed E-state index contributed by atoms with van der Waals surface area (Å²) in [4.78, 5) is 0.716. The number of anilines is 2. The SMILES string of the molecule is CCCCCCCNc1cc[n+](C(Br)CCCCCC(Br)[n+]2ccc(NCCCCCCC)cc2)cc1. The smallest absolute Gasteiger partial charge is 0.211 e. The molecule has 4 nitrogen and oxygen atoms in total. The Morgan fingerprint density at radius 2 is 0.892 bits per heavy atom. The van der Waals surface area contributed by atoms with E-state index in [1.54, 1.807) is 0 Å². The van der Waals surface area contributed by atoms with Gasteiger partial charge in [-0.2, -0.15) is 9.13 Å². The summed E-state index contributed by atoms with van der Waals surface area (Å²) in [5, 5.41) is 7.11. The second-order valence-electron chi connectivity index (χ2n) is 10.3. The Balaban J connectivity index is 1.56. The summed E-state index contributed by atoms with van der Waals surface area (Å²) >= 11 is 7.76. The number of hydrogen-bond acceptors (Lipinski definition) is 2. The Hall–Kier alpha value is -1.14. The fourth-order valence-corrected chi connectivity index (χ4v) is 5.70. The zero-order chi connectivity index (χ0) is 26.6. The molecule has 0 bridgehead atoms. The molecule has 2 atom stereocenters. The minimum absolute atomic E-state index is 0.358. The van der Waals surface area contributed by atoms with Crippen LogP contribution in [0.4, 0.5) is 11.4 Å². The maximum atomic E-state index is 3.88. The zero-order valence-electron chi connectivity index (χ0n) is 23.4. The Morgan fingerprint density at radius 1 is 0.541 bits per heavy atom. The van der Waals surface area contributed by atoms with Crippen molar-refractivity contribution in [3.05, 3.63) is 49.1 Å². The van der Waals surface area contributed by atoms with Gasteiger partial charge in [-0.25, -0.2) is 0 Å². The van der Waals surface area contributed by atoms with Gasteiger partial charge in [-0.1, -0.05) is 71.6 Å². The summed E-state index contributed by atoms with van der Waals surface area (Å²) in [7, 11) is 0. The monoisotopic (exact) mass is 638 g/mol. The largest absolute Gasteiger partial charge is 0.385 e. The molecule has 0 fully saturated rings. The number of halogens is 2. The number of nitrogens with one attached hydrogen (secondary N) is 2. The van der Waals surface area contributed by atoms with Crippen LogP contribution in [0, 0.1) is 0 Å². The van der Waals surface area contributed by atoms with E-state index in [2.05, 4.69) is 115 Å². The van der Waals surface area contributed by atoms with Gasteiger partial charge in [0.2, 0.25) is 9.90 Å². The molecule has 0 saturated heterocycles. The molecule has 2 aromatic rings. The highest BCUT2D eigenvalue weighted by atomic mass is 79.9. The summed E-state index contributed by atoms with van der Waals surface area (Å²) in [6, 6.07) is 8.78. The van der Waals surface area contributed by atoms with Gasteiger partial charge < -0.3 is 10.6 Å². The molecule has 0 spiro atoms. The lowest BCUT2D eigenvalue weighted by atomic mass is 10.1. The molecule has 0 aromatic carbocycles. The third-order valence-corrected chi connectivity index (χ3v) is 8.82. The van der Waals surface area contributed by atoms with E-state index < -0.39 is 0 Å². The summed E-state index contributed by atoms with van der Waals surface area (Å²) in [6.07, 6.45) is 28.0. The number of rotatable bonds is 22. The van der Waals surface area contributed by atoms with Crippen molar-refractivity contribution in [2.45, 2.75) is 120 Å². The van der Waals surface area contributed by atoms with Gasteiger partial charge in [-0.05, 0) is 57.5 Å². The van der Waals surface area contributed by atoms with Gasteiger partial charge in [0.25, 0.3) is 0 Å². The third kappa shape index (κ3) is 14.6. The molecule has 6 heteroatoms. The first-order chi connectivity index (χ1) is 18.1. The van der Waals surface area contributed by atoms with Crippen LogP contribution >= 0.6 is 31.9 Å². The molecule has 208 valence electrons. The molecule has 37 heavy (non-hydrogen) atoms. The van der Waals surface area contributed by atoms with E-state index in [0.29, 0.717) is 9.90 Å². The Kier molecular flexibility index (Phi) is 18.0. The van der Waals surface area contributed by atoms with E-state index in [9.17, 15) is 0 Å². The van der Waals surface area contributed by atoms with Crippen molar-refractivity contribution in [1.29, 1.82) is 0 Å². The minimum atomic E-state index is 0.358. The van der Waals surface area contributed by atoms with Crippen LogP contribution in [0.5, 0.6) is 0 Å². The maximum Gasteiger partial charge on any atom is 0.211 e. The third-order valence-electron chi connectivity index (χ3n) is 6.96. The standard InChI is InChI=1S/C31H50Br2N4/c1-3-5-7-9-14-22-34-28-18-24-36(25-19-28)30(32)16-12-11-13-17-31(33)37-26-20-29(21-27-37)35-23-15-10-8-6-4-2/h18-21,24-27,30-31H,3-17,22-23H2,1-2H3/p+2. The molecular formula is C31H52Br2N4+2. The molecule has 0 aliphatic rings. The van der Waals surface area contributed by atoms with Crippen LogP contribution in [-0.2, 0) is 0 Å². The van der Waals surface area contributed by atoms with E-state index in [-0.39, 0.29) is 0 Å². The number of unbranched alkanes of at least 4 members (excludes halogenated alkanes) is 10. The summed E-state index contributed by atoms with van der Waals surface area (Å²) in [6.45, 7) is 6.67. The van der Waals surface area contributed by atoms with Crippen LogP contribution in [-0.4, -0.2) is 13.1 Å². The Labute approximate surface area is 244 Å². The van der Waals surface area contributed by atoms with Crippen molar-refractivity contribution >= 4 is 43.2 Å². The van der Waals surface area contributed by atoms with Crippen LogP contribution in [0.2, 0.25) is 0 Å². The first kappa shape index (κ1) is 32.1. The molecular weight excluding hydrogens is 588 g/mol. The summed E-state index contributed by atoms with van der Waals surface area (Å²) in [5.74, 6) is 0. The van der Waals surface area contributed by atoms with Crippen molar-refractivity contribution in [1.82, 2.24) is 0 Å². The normalized spacial score (nSPS) is 12.9. The number of aromatic nitrogens is 2. The van der Waals surface area contributed by atoms with Crippen molar-refractivity contribution in [3.8, 4) is 0 Å². The summed E-state index contributed by atoms with van der Waals surface area (Å²) in [5.41, 5.74) is 2.44. The van der Waals surface area contributed by atoms with Crippen molar-refractivity contribution in [3.63, 3.8) is 0 Å². The Bertz CT molecular complexity index is 730. The lowest BCUT2D eigenvalue weighted by Gasteiger charge is -2.09. The van der Waals surface area contributed by atoms with Crippen LogP contribution in [0.25, 0.3) is 0 Å². The first-order valence-corrected chi connectivity index (χ1v) is 16.7. The van der Waals surface area contributed by atoms with Crippen LogP contribution in [0.15, 0.2) is 49.1 Å². The molecule has 2 N–H and O–H groups in total. The molecule has 0 amide bonds. The highest BCUT2D eigenvalue weighted by Gasteiger charge is 2.16. The van der Waals surface area contributed by atoms with Crippen LogP contribution in [0.3, 0.4) is 0 Å². The average molecular weight is 641 g/mol. The molecule has 0 aliphatic heterocycles. The summed E-state index contributed by atoms with van der Waals surface area (Å²) < 4.78 is 4.55. The lowest BCUT2D eigenvalue weighted by molar-refractivity contribution is -0.698. The van der Waals surface area contributed by atoms with E-state index in [1.807, 2.05) is 0 Å². The number of pyridine rings is 2. The fourth-order valence-electron chi connectivity index (χ4n) is 4.51. The molecule has 2 aromatic heterocycles. The van der Waals surface area contributed by atoms with E-state index in [4.69, 9.17) is 0 Å². The molecule has 0 aliphatic carbocycles. The Morgan fingerprint density at radius 3 is 1.27 bits per heavy atom. The minimum Gasteiger partial charge on any atom is -0.385 e. The topological polar surface area (TPSA) is 31.8 Å².